The van der Waals surface area contributed by atoms with E-state index < -0.39 is 24.1 Å². The van der Waals surface area contributed by atoms with E-state index in [9.17, 15) is 29.4 Å². The molecule has 404 valence electrons. The van der Waals surface area contributed by atoms with E-state index in [1.165, 1.54) is 218 Å². The number of carboxylic acid groups (broad SMARTS) is 2. The van der Waals surface area contributed by atoms with Gasteiger partial charge >= 0.3 is 49.7 Å². The molecule has 2 unspecified atom stereocenters. The Kier molecular flexibility index (Phi) is 64.5. The van der Waals surface area contributed by atoms with E-state index in [2.05, 4.69) is 27.7 Å². The number of carbonyl (C=O) groups is 4. The molecule has 8 nitrogen and oxygen atoms in total. The Morgan fingerprint density at radius 3 is 0.609 bits per heavy atom. The van der Waals surface area contributed by atoms with Crippen LogP contribution in [0.3, 0.4) is 0 Å². The number of unbranched alkanes of at least 4 members (excludes halogenated alkanes) is 42. The molecule has 0 aliphatic carbocycles. The van der Waals surface area contributed by atoms with Crippen molar-refractivity contribution in [2.45, 2.75) is 361 Å². The maximum absolute atomic E-state index is 12.0. The van der Waals surface area contributed by atoms with E-state index in [1.807, 2.05) is 0 Å². The summed E-state index contributed by atoms with van der Waals surface area (Å²) in [4.78, 5) is 46.7. The molecule has 0 aromatic carbocycles. The third-order valence-corrected chi connectivity index (χ3v) is 13.7. The van der Waals surface area contributed by atoms with Gasteiger partial charge in [0.1, 0.15) is 12.2 Å². The minimum absolute atomic E-state index is 0. The topological polar surface area (TPSA) is 133 Å². The predicted molar refractivity (Wildman–Crippen MR) is 289 cm³/mol. The standard InChI is InChI=1S/2C30H58O4.Ca/c2*1-3-5-7-9-11-13-14-15-16-17-19-20-22-24-26-28(30(32)33)34-29(31)27-25-23-21-18-12-10-8-6-4-2;/h2*28H,3-27H2,1-2H3,(H,32,33);/q;;+2/p-2. The number of hydrogen-bond acceptors (Lipinski definition) is 8. The summed E-state index contributed by atoms with van der Waals surface area (Å²) in [7, 11) is 0. The van der Waals surface area contributed by atoms with Crippen molar-refractivity contribution in [1.29, 1.82) is 0 Å². The van der Waals surface area contributed by atoms with E-state index in [0.29, 0.717) is 25.7 Å². The molecule has 69 heavy (non-hydrogen) atoms. The van der Waals surface area contributed by atoms with Gasteiger partial charge in [-0.15, -0.1) is 0 Å². The second-order valence-corrected chi connectivity index (χ2v) is 20.5. The fraction of sp³-hybridized carbons (Fsp3) is 0.933. The third-order valence-electron chi connectivity index (χ3n) is 13.7. The van der Waals surface area contributed by atoms with Crippen LogP contribution >= 0.6 is 0 Å². The number of rotatable bonds is 54. The normalized spacial score (nSPS) is 11.9. The van der Waals surface area contributed by atoms with Crippen LogP contribution in [0.1, 0.15) is 349 Å². The maximum atomic E-state index is 12.0. The molecule has 0 bridgehead atoms. The van der Waals surface area contributed by atoms with Crippen LogP contribution in [0.25, 0.3) is 0 Å². The Hall–Kier alpha value is -0.860. The van der Waals surface area contributed by atoms with Crippen molar-refractivity contribution in [2.75, 3.05) is 0 Å². The minimum Gasteiger partial charge on any atom is -0.546 e. The molecule has 2 atom stereocenters. The van der Waals surface area contributed by atoms with E-state index in [0.717, 1.165) is 77.0 Å². The van der Waals surface area contributed by atoms with Crippen molar-refractivity contribution in [3.8, 4) is 0 Å². The van der Waals surface area contributed by atoms with Crippen LogP contribution in [-0.4, -0.2) is 73.8 Å². The number of ether oxygens (including phenoxy) is 2. The van der Waals surface area contributed by atoms with Crippen LogP contribution in [0.15, 0.2) is 0 Å². The van der Waals surface area contributed by atoms with Crippen LogP contribution in [0.4, 0.5) is 0 Å². The average Bonchev–Trinajstić information content (AvgIpc) is 3.32. The zero-order valence-corrected chi connectivity index (χ0v) is 48.7. The van der Waals surface area contributed by atoms with Crippen molar-refractivity contribution in [3.63, 3.8) is 0 Å². The van der Waals surface area contributed by atoms with Gasteiger partial charge in [-0.1, -0.05) is 297 Å². The second-order valence-electron chi connectivity index (χ2n) is 20.5. The first-order valence-electron chi connectivity index (χ1n) is 30.0. The molecule has 0 aliphatic heterocycles. The Morgan fingerprint density at radius 2 is 0.435 bits per heavy atom. The number of carboxylic acids is 2. The molecule has 0 N–H and O–H groups in total. The van der Waals surface area contributed by atoms with E-state index in [4.69, 9.17) is 9.47 Å². The molecular weight excluding hydrogens is 889 g/mol. The molecule has 9 heteroatoms. The van der Waals surface area contributed by atoms with E-state index in [1.54, 1.807) is 0 Å². The Balaban J connectivity index is -0.00000124. The van der Waals surface area contributed by atoms with Crippen LogP contribution in [0.2, 0.25) is 0 Å². The van der Waals surface area contributed by atoms with Crippen molar-refractivity contribution in [3.05, 3.63) is 0 Å². The van der Waals surface area contributed by atoms with Gasteiger partial charge in [0.15, 0.2) is 0 Å². The van der Waals surface area contributed by atoms with Crippen molar-refractivity contribution in [2.24, 2.45) is 0 Å². The zero-order valence-electron chi connectivity index (χ0n) is 46.5. The molecule has 0 aromatic heterocycles. The Labute approximate surface area is 458 Å². The first-order valence-corrected chi connectivity index (χ1v) is 30.0. The molecule has 0 amide bonds. The predicted octanol–water partition coefficient (Wildman–Crippen LogP) is 16.5. The molecule has 0 fully saturated rings. The van der Waals surface area contributed by atoms with Crippen LogP contribution in [0, 0.1) is 0 Å². The van der Waals surface area contributed by atoms with Crippen molar-refractivity contribution in [1.82, 2.24) is 0 Å². The molecule has 0 rings (SSSR count). The fourth-order valence-corrected chi connectivity index (χ4v) is 9.09. The Bertz CT molecular complexity index is 988. The summed E-state index contributed by atoms with van der Waals surface area (Å²) in [5, 5.41) is 22.7. The fourth-order valence-electron chi connectivity index (χ4n) is 9.09. The average molecular weight is 1000 g/mol. The quantitative estimate of drug-likeness (QED) is 0.0334. The molecule has 0 heterocycles. The summed E-state index contributed by atoms with van der Waals surface area (Å²) < 4.78 is 10.4. The minimum atomic E-state index is -1.25. The number of carbonyl (C=O) groups excluding carboxylic acids is 4. The molecule has 0 radical (unpaired) electrons. The monoisotopic (exact) mass is 1000 g/mol. The summed E-state index contributed by atoms with van der Waals surface area (Å²) in [6.45, 7) is 8.97. The van der Waals surface area contributed by atoms with Gasteiger partial charge in [-0.05, 0) is 38.5 Å². The van der Waals surface area contributed by atoms with Gasteiger partial charge in [0, 0.05) is 12.8 Å². The van der Waals surface area contributed by atoms with Crippen LogP contribution in [0.5, 0.6) is 0 Å². The maximum Gasteiger partial charge on any atom is 2.00 e. The summed E-state index contributed by atoms with van der Waals surface area (Å²) in [6, 6.07) is 0. The summed E-state index contributed by atoms with van der Waals surface area (Å²) in [5.74, 6) is -3.28. The number of esters is 2. The van der Waals surface area contributed by atoms with Crippen molar-refractivity contribution < 1.29 is 38.9 Å². The van der Waals surface area contributed by atoms with Gasteiger partial charge in [0.05, 0.1) is 11.9 Å². The summed E-state index contributed by atoms with van der Waals surface area (Å²) >= 11 is 0. The third kappa shape index (κ3) is 59.6. The molecule has 0 saturated heterocycles. The largest absolute Gasteiger partial charge is 2.00 e. The smallest absolute Gasteiger partial charge is 0.546 e. The van der Waals surface area contributed by atoms with Crippen molar-refractivity contribution >= 4 is 61.6 Å². The first-order chi connectivity index (χ1) is 33.2. The van der Waals surface area contributed by atoms with Crippen LogP contribution in [-0.2, 0) is 28.7 Å². The van der Waals surface area contributed by atoms with Gasteiger partial charge in [-0.25, -0.2) is 0 Å². The van der Waals surface area contributed by atoms with Gasteiger partial charge in [0.2, 0.25) is 0 Å². The van der Waals surface area contributed by atoms with E-state index in [-0.39, 0.29) is 49.7 Å². The van der Waals surface area contributed by atoms with E-state index >= 15 is 0 Å². The molecule has 0 saturated carbocycles. The van der Waals surface area contributed by atoms with Gasteiger partial charge in [0.25, 0.3) is 0 Å². The molecule has 0 aliphatic rings. The van der Waals surface area contributed by atoms with Gasteiger partial charge < -0.3 is 29.3 Å². The second kappa shape index (κ2) is 61.4. The molecule has 0 spiro atoms. The Morgan fingerprint density at radius 1 is 0.275 bits per heavy atom. The summed E-state index contributed by atoms with van der Waals surface area (Å²) in [6.07, 6.45) is 55.9. The molecular formula is C60H114CaO8. The van der Waals surface area contributed by atoms with Gasteiger partial charge in [-0.3, -0.25) is 9.59 Å². The number of hydrogen-bond donors (Lipinski definition) is 0. The molecule has 0 aromatic rings. The zero-order chi connectivity index (χ0) is 50.2. The SMILES string of the molecule is CCCCCCCCCCCCCCCCC(OC(=O)CCCCCCCCCCC)C(=O)[O-].CCCCCCCCCCCCCCCCC(OC(=O)CCCCCCCCCCC)C(=O)[O-].[Ca+2]. The van der Waals surface area contributed by atoms with Gasteiger partial charge in [-0.2, -0.15) is 0 Å². The van der Waals surface area contributed by atoms with Crippen LogP contribution < -0.4 is 10.2 Å². The summed E-state index contributed by atoms with van der Waals surface area (Å²) in [5.41, 5.74) is 0. The first kappa shape index (κ1) is 72.4. The number of aliphatic carboxylic acids is 2.